The third-order valence-electron chi connectivity index (χ3n) is 3.15. The van der Waals surface area contributed by atoms with Crippen molar-refractivity contribution in [2.45, 2.75) is 25.9 Å². The number of hydrogen-bond donors (Lipinski definition) is 3. The SMILES string of the molecule is CCC(CCO)CNCC(O)c1ccccc1F. The van der Waals surface area contributed by atoms with Crippen LogP contribution in [0, 0.1) is 11.7 Å². The van der Waals surface area contributed by atoms with Gasteiger partial charge in [0.25, 0.3) is 0 Å². The maximum absolute atomic E-state index is 13.4. The van der Waals surface area contributed by atoms with Gasteiger partial charge in [-0.25, -0.2) is 4.39 Å². The van der Waals surface area contributed by atoms with Crippen LogP contribution in [0.3, 0.4) is 0 Å². The van der Waals surface area contributed by atoms with Gasteiger partial charge in [-0.3, -0.25) is 0 Å². The molecule has 0 spiro atoms. The van der Waals surface area contributed by atoms with Gasteiger partial charge in [0.15, 0.2) is 0 Å². The van der Waals surface area contributed by atoms with Gasteiger partial charge in [0.1, 0.15) is 5.82 Å². The summed E-state index contributed by atoms with van der Waals surface area (Å²) in [7, 11) is 0. The molecule has 2 unspecified atom stereocenters. The second-order valence-corrected chi connectivity index (χ2v) is 4.48. The first kappa shape index (κ1) is 15.1. The van der Waals surface area contributed by atoms with Crippen LogP contribution in [0.4, 0.5) is 4.39 Å². The van der Waals surface area contributed by atoms with E-state index in [1.807, 2.05) is 0 Å². The third-order valence-corrected chi connectivity index (χ3v) is 3.15. The monoisotopic (exact) mass is 255 g/mol. The van der Waals surface area contributed by atoms with Crippen LogP contribution in [0.2, 0.25) is 0 Å². The predicted octanol–water partition coefficient (Wildman–Crippen LogP) is 1.86. The Balaban J connectivity index is 2.37. The fourth-order valence-corrected chi connectivity index (χ4v) is 1.91. The fourth-order valence-electron chi connectivity index (χ4n) is 1.91. The first-order chi connectivity index (χ1) is 8.69. The van der Waals surface area contributed by atoms with Crippen LogP contribution < -0.4 is 5.32 Å². The average Bonchev–Trinajstić information content (AvgIpc) is 2.38. The van der Waals surface area contributed by atoms with Crippen LogP contribution in [0.5, 0.6) is 0 Å². The zero-order valence-electron chi connectivity index (χ0n) is 10.8. The highest BCUT2D eigenvalue weighted by Gasteiger charge is 2.12. The van der Waals surface area contributed by atoms with Crippen LogP contribution in [0.1, 0.15) is 31.4 Å². The molecular formula is C14H22FNO2. The van der Waals surface area contributed by atoms with Crippen LogP contribution in [-0.2, 0) is 0 Å². The lowest BCUT2D eigenvalue weighted by Crippen LogP contribution is -2.28. The van der Waals surface area contributed by atoms with E-state index in [0.717, 1.165) is 19.4 Å². The molecule has 0 fully saturated rings. The van der Waals surface area contributed by atoms with Crippen LogP contribution in [0.15, 0.2) is 24.3 Å². The summed E-state index contributed by atoms with van der Waals surface area (Å²) >= 11 is 0. The van der Waals surface area contributed by atoms with Gasteiger partial charge in [0, 0.05) is 18.7 Å². The molecule has 102 valence electrons. The molecule has 0 aliphatic carbocycles. The van der Waals surface area contributed by atoms with Gasteiger partial charge in [0.05, 0.1) is 6.10 Å². The lowest BCUT2D eigenvalue weighted by Gasteiger charge is -2.17. The summed E-state index contributed by atoms with van der Waals surface area (Å²) in [6.45, 7) is 3.29. The summed E-state index contributed by atoms with van der Waals surface area (Å²) < 4.78 is 13.4. The number of nitrogens with one attached hydrogen (secondary N) is 1. The van der Waals surface area contributed by atoms with Crippen molar-refractivity contribution in [2.75, 3.05) is 19.7 Å². The molecule has 0 bridgehead atoms. The van der Waals surface area contributed by atoms with E-state index >= 15 is 0 Å². The number of aliphatic hydroxyl groups excluding tert-OH is 2. The molecule has 0 aromatic heterocycles. The molecule has 3 N–H and O–H groups in total. The molecule has 0 saturated carbocycles. The van der Waals surface area contributed by atoms with Gasteiger partial charge >= 0.3 is 0 Å². The molecule has 0 radical (unpaired) electrons. The number of halogens is 1. The van der Waals surface area contributed by atoms with Crippen molar-refractivity contribution in [1.82, 2.24) is 5.32 Å². The molecule has 0 heterocycles. The van der Waals surface area contributed by atoms with E-state index in [1.165, 1.54) is 6.07 Å². The Morgan fingerprint density at radius 3 is 2.61 bits per heavy atom. The maximum Gasteiger partial charge on any atom is 0.129 e. The lowest BCUT2D eigenvalue weighted by atomic mass is 10.0. The maximum atomic E-state index is 13.4. The largest absolute Gasteiger partial charge is 0.396 e. The van der Waals surface area contributed by atoms with Gasteiger partial charge in [0.2, 0.25) is 0 Å². The minimum atomic E-state index is -0.835. The van der Waals surface area contributed by atoms with Gasteiger partial charge in [-0.2, -0.15) is 0 Å². The Morgan fingerprint density at radius 2 is 2.00 bits per heavy atom. The molecule has 3 nitrogen and oxygen atoms in total. The quantitative estimate of drug-likeness (QED) is 0.664. The molecular weight excluding hydrogens is 233 g/mol. The van der Waals surface area contributed by atoms with Gasteiger partial charge < -0.3 is 15.5 Å². The van der Waals surface area contributed by atoms with Gasteiger partial charge in [-0.05, 0) is 24.9 Å². The van der Waals surface area contributed by atoms with Gasteiger partial charge in [-0.1, -0.05) is 31.5 Å². The lowest BCUT2D eigenvalue weighted by molar-refractivity contribution is 0.166. The van der Waals surface area contributed by atoms with Crippen LogP contribution >= 0.6 is 0 Å². The number of hydrogen-bond acceptors (Lipinski definition) is 3. The second kappa shape index (κ2) is 8.19. The Bertz CT molecular complexity index is 346. The number of benzene rings is 1. The van der Waals surface area contributed by atoms with E-state index in [4.69, 9.17) is 5.11 Å². The van der Waals surface area contributed by atoms with Crippen molar-refractivity contribution in [3.05, 3.63) is 35.6 Å². The molecule has 0 aliphatic heterocycles. The Morgan fingerprint density at radius 1 is 1.28 bits per heavy atom. The molecule has 1 aromatic carbocycles. The van der Waals surface area contributed by atoms with Crippen LogP contribution in [0.25, 0.3) is 0 Å². The van der Waals surface area contributed by atoms with Crippen molar-refractivity contribution in [2.24, 2.45) is 5.92 Å². The van der Waals surface area contributed by atoms with E-state index in [9.17, 15) is 9.50 Å². The Hall–Kier alpha value is -0.970. The summed E-state index contributed by atoms with van der Waals surface area (Å²) in [5.41, 5.74) is 0.320. The minimum Gasteiger partial charge on any atom is -0.396 e. The molecule has 4 heteroatoms. The highest BCUT2D eigenvalue weighted by molar-refractivity contribution is 5.19. The Labute approximate surface area is 108 Å². The normalized spacial score (nSPS) is 14.4. The first-order valence-corrected chi connectivity index (χ1v) is 6.43. The van der Waals surface area contributed by atoms with E-state index in [0.29, 0.717) is 18.0 Å². The van der Waals surface area contributed by atoms with Crippen molar-refractivity contribution in [3.8, 4) is 0 Å². The molecule has 18 heavy (non-hydrogen) atoms. The number of aliphatic hydroxyl groups is 2. The summed E-state index contributed by atoms with van der Waals surface area (Å²) in [4.78, 5) is 0. The summed E-state index contributed by atoms with van der Waals surface area (Å²) in [5, 5.41) is 21.8. The zero-order chi connectivity index (χ0) is 13.4. The first-order valence-electron chi connectivity index (χ1n) is 6.43. The van der Waals surface area contributed by atoms with Crippen molar-refractivity contribution < 1.29 is 14.6 Å². The zero-order valence-corrected chi connectivity index (χ0v) is 10.8. The van der Waals surface area contributed by atoms with Crippen LogP contribution in [-0.4, -0.2) is 29.9 Å². The second-order valence-electron chi connectivity index (χ2n) is 4.48. The number of rotatable bonds is 8. The molecule has 1 rings (SSSR count). The third kappa shape index (κ3) is 4.72. The molecule has 0 saturated heterocycles. The Kier molecular flexibility index (Phi) is 6.86. The summed E-state index contributed by atoms with van der Waals surface area (Å²) in [5.74, 6) is 0.0111. The van der Waals surface area contributed by atoms with E-state index in [1.54, 1.807) is 18.2 Å². The molecule has 1 aromatic rings. The van der Waals surface area contributed by atoms with E-state index in [-0.39, 0.29) is 12.4 Å². The highest BCUT2D eigenvalue weighted by atomic mass is 19.1. The smallest absolute Gasteiger partial charge is 0.129 e. The topological polar surface area (TPSA) is 52.5 Å². The minimum absolute atomic E-state index is 0.177. The summed E-state index contributed by atoms with van der Waals surface area (Å²) in [6.07, 6.45) is 0.890. The van der Waals surface area contributed by atoms with Crippen molar-refractivity contribution >= 4 is 0 Å². The van der Waals surface area contributed by atoms with E-state index in [2.05, 4.69) is 12.2 Å². The average molecular weight is 255 g/mol. The highest BCUT2D eigenvalue weighted by Crippen LogP contribution is 2.15. The predicted molar refractivity (Wildman–Crippen MR) is 69.7 cm³/mol. The fraction of sp³-hybridized carbons (Fsp3) is 0.571. The van der Waals surface area contributed by atoms with Gasteiger partial charge in [-0.15, -0.1) is 0 Å². The van der Waals surface area contributed by atoms with Crippen molar-refractivity contribution in [1.29, 1.82) is 0 Å². The summed E-state index contributed by atoms with van der Waals surface area (Å²) in [6, 6.07) is 6.25. The van der Waals surface area contributed by atoms with E-state index < -0.39 is 6.10 Å². The molecule has 2 atom stereocenters. The molecule has 0 amide bonds. The van der Waals surface area contributed by atoms with Crippen molar-refractivity contribution in [3.63, 3.8) is 0 Å². The molecule has 0 aliphatic rings. The standard InChI is InChI=1S/C14H22FNO2/c1-2-11(7-8-17)9-16-10-14(18)12-5-3-4-6-13(12)15/h3-6,11,14,16-18H,2,7-10H2,1H3.